The summed E-state index contributed by atoms with van der Waals surface area (Å²) in [4.78, 5) is 17.6. The summed E-state index contributed by atoms with van der Waals surface area (Å²) < 4.78 is 5.85. The molecule has 1 unspecified atom stereocenters. The maximum absolute atomic E-state index is 13.1. The van der Waals surface area contributed by atoms with Crippen LogP contribution in [-0.4, -0.2) is 55.2 Å². The van der Waals surface area contributed by atoms with Crippen LogP contribution < -0.4 is 0 Å². The fraction of sp³-hybridized carbons (Fsp3) is 0.800. The molecular weight excluding hydrogens is 601 g/mol. The first-order valence-corrected chi connectivity index (χ1v) is 21.4. The summed E-state index contributed by atoms with van der Waals surface area (Å²) in [5.74, 6) is 0. The Morgan fingerprint density at radius 3 is 1.47 bits per heavy atom. The average molecular weight is 683 g/mol. The highest BCUT2D eigenvalue weighted by Crippen LogP contribution is 2.18. The fourth-order valence-corrected chi connectivity index (χ4v) is 6.76. The smallest absolute Gasteiger partial charge is 0.409 e. The Kier molecular flexibility index (Phi) is 33.2. The van der Waals surface area contributed by atoms with Gasteiger partial charge in [-0.15, -0.1) is 0 Å². The monoisotopic (exact) mass is 683 g/mol. The summed E-state index contributed by atoms with van der Waals surface area (Å²) in [5, 5.41) is 0. The minimum Gasteiger partial charge on any atom is -0.449 e. The second-order valence-electron chi connectivity index (χ2n) is 14.7. The van der Waals surface area contributed by atoms with Crippen LogP contribution in [0.1, 0.15) is 194 Å². The zero-order chi connectivity index (χ0) is 35.3. The third kappa shape index (κ3) is 29.6. The lowest BCUT2D eigenvalue weighted by molar-refractivity contribution is 0.0839. The van der Waals surface area contributed by atoms with E-state index in [0.29, 0.717) is 12.6 Å². The van der Waals surface area contributed by atoms with Gasteiger partial charge < -0.3 is 14.5 Å². The van der Waals surface area contributed by atoms with E-state index in [4.69, 9.17) is 4.74 Å². The Morgan fingerprint density at radius 2 is 1.02 bits per heavy atom. The van der Waals surface area contributed by atoms with Crippen LogP contribution in [0.15, 0.2) is 48.6 Å². The molecule has 0 aliphatic carbocycles. The number of carbonyl (C=O) groups excluding carboxylic acids is 1. The second kappa shape index (κ2) is 36.0. The molecule has 284 valence electrons. The first kappa shape index (κ1) is 45.2. The van der Waals surface area contributed by atoms with Gasteiger partial charge in [-0.1, -0.05) is 146 Å². The summed E-state index contributed by atoms with van der Waals surface area (Å²) in [6, 6.07) is 0.565. The van der Waals surface area contributed by atoms with Crippen LogP contribution in [-0.2, 0) is 4.74 Å². The van der Waals surface area contributed by atoms with E-state index in [0.717, 1.165) is 45.2 Å². The van der Waals surface area contributed by atoms with E-state index < -0.39 is 0 Å². The van der Waals surface area contributed by atoms with Crippen LogP contribution in [0.5, 0.6) is 0 Å². The molecule has 0 aromatic rings. The number of nitrogens with zero attached hydrogens (tertiary/aromatic N) is 2. The van der Waals surface area contributed by atoms with Crippen LogP contribution in [0.3, 0.4) is 0 Å². The van der Waals surface area contributed by atoms with E-state index in [9.17, 15) is 4.79 Å². The lowest BCUT2D eigenvalue weighted by Crippen LogP contribution is -2.38. The Balaban J connectivity index is 2.21. The molecule has 4 nitrogen and oxygen atoms in total. The van der Waals surface area contributed by atoms with Gasteiger partial charge in [0.25, 0.3) is 0 Å². The summed E-state index contributed by atoms with van der Waals surface area (Å²) >= 11 is 0. The number of carbonyl (C=O) groups is 1. The number of amides is 1. The number of hydrogen-bond acceptors (Lipinski definition) is 3. The molecule has 1 atom stereocenters. The molecule has 0 N–H and O–H groups in total. The van der Waals surface area contributed by atoms with Gasteiger partial charge in [0.2, 0.25) is 0 Å². The van der Waals surface area contributed by atoms with Crippen molar-refractivity contribution in [3.63, 3.8) is 0 Å². The molecule has 49 heavy (non-hydrogen) atoms. The summed E-state index contributed by atoms with van der Waals surface area (Å²) in [6.07, 6.45) is 53.3. The van der Waals surface area contributed by atoms with E-state index in [2.05, 4.69) is 74.4 Å². The van der Waals surface area contributed by atoms with Gasteiger partial charge in [-0.2, -0.15) is 0 Å². The molecular formula is C45H82N2O2. The van der Waals surface area contributed by atoms with Crippen LogP contribution in [0, 0.1) is 0 Å². The van der Waals surface area contributed by atoms with E-state index in [1.807, 2.05) is 4.90 Å². The molecule has 0 bridgehead atoms. The minimum atomic E-state index is -0.0800. The Morgan fingerprint density at radius 1 is 0.592 bits per heavy atom. The lowest BCUT2D eigenvalue weighted by atomic mass is 10.0. The number of piperidine rings is 1. The molecule has 0 spiro atoms. The number of likely N-dealkylation sites (tertiary alicyclic amines) is 1. The van der Waals surface area contributed by atoms with Crippen molar-refractivity contribution in [1.29, 1.82) is 0 Å². The molecule has 1 aliphatic rings. The van der Waals surface area contributed by atoms with Crippen molar-refractivity contribution in [2.24, 2.45) is 0 Å². The molecule has 0 saturated carbocycles. The molecule has 1 aliphatic heterocycles. The minimum absolute atomic E-state index is 0.0800. The van der Waals surface area contributed by atoms with E-state index in [1.54, 1.807) is 0 Å². The molecule has 1 saturated heterocycles. The van der Waals surface area contributed by atoms with Gasteiger partial charge in [0.05, 0.1) is 6.61 Å². The van der Waals surface area contributed by atoms with Crippen molar-refractivity contribution < 1.29 is 9.53 Å². The van der Waals surface area contributed by atoms with E-state index >= 15 is 0 Å². The fourth-order valence-electron chi connectivity index (χ4n) is 6.76. The molecule has 0 radical (unpaired) electrons. The van der Waals surface area contributed by atoms with Crippen LogP contribution >= 0.6 is 0 Å². The zero-order valence-electron chi connectivity index (χ0n) is 33.0. The standard InChI is InChI=1S/C45H82N2O2/c1-4-6-8-10-12-14-16-18-20-22-24-26-28-30-32-35-41-47(45(48)49-43-39-44-38-34-37-40-46(44)3)42-36-33-31-29-27-25-23-21-19-17-15-13-11-9-7-5-2/h12-15,18-21,44H,4-11,16-17,22-43H2,1-3H3/b14-12-,15-13-,20-18-,21-19-. The number of ether oxygens (including phenoxy) is 1. The molecule has 0 aromatic carbocycles. The van der Waals surface area contributed by atoms with E-state index in [1.165, 1.54) is 154 Å². The predicted octanol–water partition coefficient (Wildman–Crippen LogP) is 13.9. The Bertz CT molecular complexity index is 784. The van der Waals surface area contributed by atoms with Crippen molar-refractivity contribution in [2.45, 2.75) is 200 Å². The third-order valence-corrected chi connectivity index (χ3v) is 10.1. The van der Waals surface area contributed by atoms with Gasteiger partial charge in [-0.3, -0.25) is 0 Å². The topological polar surface area (TPSA) is 32.8 Å². The van der Waals surface area contributed by atoms with Crippen LogP contribution in [0.25, 0.3) is 0 Å². The molecule has 4 heteroatoms. The zero-order valence-corrected chi connectivity index (χ0v) is 33.0. The average Bonchev–Trinajstić information content (AvgIpc) is 3.11. The summed E-state index contributed by atoms with van der Waals surface area (Å²) in [7, 11) is 2.22. The van der Waals surface area contributed by atoms with Gasteiger partial charge in [-0.25, -0.2) is 4.79 Å². The number of rotatable bonds is 33. The maximum atomic E-state index is 13.1. The highest BCUT2D eigenvalue weighted by Gasteiger charge is 2.20. The quantitative estimate of drug-likeness (QED) is 0.0510. The van der Waals surface area contributed by atoms with Gasteiger partial charge >= 0.3 is 6.09 Å². The number of unbranched alkanes of at least 4 members (excludes halogenated alkanes) is 18. The highest BCUT2D eigenvalue weighted by atomic mass is 16.6. The molecule has 1 fully saturated rings. The highest BCUT2D eigenvalue weighted by molar-refractivity contribution is 5.67. The van der Waals surface area contributed by atoms with Crippen molar-refractivity contribution in [2.75, 3.05) is 33.3 Å². The van der Waals surface area contributed by atoms with Crippen molar-refractivity contribution in [3.05, 3.63) is 48.6 Å². The number of hydrogen-bond donors (Lipinski definition) is 0. The first-order valence-electron chi connectivity index (χ1n) is 21.4. The normalized spacial score (nSPS) is 15.9. The van der Waals surface area contributed by atoms with Crippen LogP contribution in [0.4, 0.5) is 4.79 Å². The molecule has 1 amide bonds. The number of allylic oxidation sites excluding steroid dienone is 8. The van der Waals surface area contributed by atoms with Crippen molar-refractivity contribution >= 4 is 6.09 Å². The second-order valence-corrected chi connectivity index (χ2v) is 14.7. The molecule has 0 aromatic heterocycles. The summed E-state index contributed by atoms with van der Waals surface area (Å²) in [5.41, 5.74) is 0. The van der Waals surface area contributed by atoms with Gasteiger partial charge in [-0.05, 0) is 110 Å². The van der Waals surface area contributed by atoms with Crippen LogP contribution in [0.2, 0.25) is 0 Å². The SMILES string of the molecule is CCCCC/C=C\C/C=C\CCCCCCCCN(CCCCCCCC/C=C\C/C=C\CCCCC)C(=O)OCCC1CCCCN1C. The van der Waals surface area contributed by atoms with E-state index in [-0.39, 0.29) is 6.09 Å². The molecule has 1 heterocycles. The Hall–Kier alpha value is -1.81. The van der Waals surface area contributed by atoms with Crippen molar-refractivity contribution in [1.82, 2.24) is 9.80 Å². The Labute approximate surface area is 306 Å². The van der Waals surface area contributed by atoms with Gasteiger partial charge in [0.15, 0.2) is 0 Å². The third-order valence-electron chi connectivity index (χ3n) is 10.1. The van der Waals surface area contributed by atoms with Gasteiger partial charge in [0, 0.05) is 19.1 Å². The van der Waals surface area contributed by atoms with Gasteiger partial charge in [0.1, 0.15) is 0 Å². The van der Waals surface area contributed by atoms with Crippen molar-refractivity contribution in [3.8, 4) is 0 Å². The molecule has 1 rings (SSSR count). The lowest BCUT2D eigenvalue weighted by Gasteiger charge is -2.32. The first-order chi connectivity index (χ1) is 24.2. The summed E-state index contributed by atoms with van der Waals surface area (Å²) in [6.45, 7) is 7.94. The predicted molar refractivity (Wildman–Crippen MR) is 217 cm³/mol. The maximum Gasteiger partial charge on any atom is 0.409 e. The largest absolute Gasteiger partial charge is 0.449 e.